The van der Waals surface area contributed by atoms with Crippen molar-refractivity contribution in [1.29, 1.82) is 0 Å². The number of carbonyl (C=O) groups is 1. The average Bonchev–Trinajstić information content (AvgIpc) is 2.38. The SMILES string of the molecule is CN(C)CCNC(=O)c1c[nH]c2cc(F)ccc2c1=O. The number of nitrogens with zero attached hydrogens (tertiary/aromatic N) is 1. The van der Waals surface area contributed by atoms with Crippen LogP contribution in [0.5, 0.6) is 0 Å². The van der Waals surface area contributed by atoms with E-state index in [4.69, 9.17) is 0 Å². The molecule has 0 aliphatic rings. The minimum atomic E-state index is -0.434. The van der Waals surface area contributed by atoms with E-state index in [1.807, 2.05) is 19.0 Å². The number of carbonyl (C=O) groups excluding carboxylic acids is 1. The second-order valence-electron chi connectivity index (χ2n) is 4.78. The van der Waals surface area contributed by atoms with E-state index in [0.29, 0.717) is 24.0 Å². The van der Waals surface area contributed by atoms with Crippen molar-refractivity contribution in [3.63, 3.8) is 0 Å². The topological polar surface area (TPSA) is 65.2 Å². The van der Waals surface area contributed by atoms with Gasteiger partial charge in [-0.15, -0.1) is 0 Å². The number of aromatic amines is 1. The molecule has 0 spiro atoms. The molecule has 0 unspecified atom stereocenters. The number of hydrogen-bond acceptors (Lipinski definition) is 3. The van der Waals surface area contributed by atoms with Crippen LogP contribution in [-0.4, -0.2) is 43.0 Å². The van der Waals surface area contributed by atoms with Gasteiger partial charge in [-0.2, -0.15) is 0 Å². The van der Waals surface area contributed by atoms with Crippen LogP contribution in [0.15, 0.2) is 29.2 Å². The molecule has 0 fully saturated rings. The quantitative estimate of drug-likeness (QED) is 0.875. The van der Waals surface area contributed by atoms with Crippen LogP contribution in [0.2, 0.25) is 0 Å². The number of halogens is 1. The standard InChI is InChI=1S/C14H16FN3O2/c1-18(2)6-5-16-14(20)11-8-17-12-7-9(15)3-4-10(12)13(11)19/h3-4,7-8H,5-6H2,1-2H3,(H,16,20)(H,17,19). The van der Waals surface area contributed by atoms with Crippen molar-refractivity contribution in [2.75, 3.05) is 27.2 Å². The van der Waals surface area contributed by atoms with Gasteiger partial charge in [-0.25, -0.2) is 4.39 Å². The highest BCUT2D eigenvalue weighted by Crippen LogP contribution is 2.09. The molecule has 1 heterocycles. The van der Waals surface area contributed by atoms with E-state index >= 15 is 0 Å². The number of aromatic nitrogens is 1. The molecule has 6 heteroatoms. The van der Waals surface area contributed by atoms with E-state index in [0.717, 1.165) is 0 Å². The van der Waals surface area contributed by atoms with Gasteiger partial charge in [-0.3, -0.25) is 9.59 Å². The number of hydrogen-bond donors (Lipinski definition) is 2. The molecular weight excluding hydrogens is 261 g/mol. The lowest BCUT2D eigenvalue weighted by molar-refractivity contribution is 0.0950. The van der Waals surface area contributed by atoms with Crippen molar-refractivity contribution in [2.45, 2.75) is 0 Å². The monoisotopic (exact) mass is 277 g/mol. The Balaban J connectivity index is 2.27. The molecule has 1 aromatic heterocycles. The third-order valence-electron chi connectivity index (χ3n) is 2.93. The fraction of sp³-hybridized carbons (Fsp3) is 0.286. The molecule has 0 atom stereocenters. The summed E-state index contributed by atoms with van der Waals surface area (Å²) in [4.78, 5) is 28.8. The molecule has 2 aromatic rings. The fourth-order valence-electron chi connectivity index (χ4n) is 1.85. The Morgan fingerprint density at radius 3 is 2.85 bits per heavy atom. The molecule has 20 heavy (non-hydrogen) atoms. The minimum absolute atomic E-state index is 0.0304. The Morgan fingerprint density at radius 1 is 1.40 bits per heavy atom. The summed E-state index contributed by atoms with van der Waals surface area (Å²) in [5.74, 6) is -0.865. The first-order chi connectivity index (χ1) is 9.49. The van der Waals surface area contributed by atoms with Crippen molar-refractivity contribution in [3.8, 4) is 0 Å². The van der Waals surface area contributed by atoms with Crippen LogP contribution in [0.3, 0.4) is 0 Å². The molecule has 0 bridgehead atoms. The Kier molecular flexibility index (Phi) is 4.14. The number of nitrogens with one attached hydrogen (secondary N) is 2. The maximum absolute atomic E-state index is 13.1. The zero-order valence-corrected chi connectivity index (χ0v) is 11.4. The highest BCUT2D eigenvalue weighted by atomic mass is 19.1. The van der Waals surface area contributed by atoms with E-state index in [2.05, 4.69) is 10.3 Å². The van der Waals surface area contributed by atoms with Gasteiger partial charge in [0.25, 0.3) is 5.91 Å². The molecule has 5 nitrogen and oxygen atoms in total. The van der Waals surface area contributed by atoms with Crippen molar-refractivity contribution in [2.24, 2.45) is 0 Å². The molecule has 0 aliphatic carbocycles. The molecule has 1 aromatic carbocycles. The highest BCUT2D eigenvalue weighted by molar-refractivity contribution is 5.97. The second kappa shape index (κ2) is 5.83. The summed E-state index contributed by atoms with van der Waals surface area (Å²) in [5.41, 5.74) is 0.00353. The largest absolute Gasteiger partial charge is 0.360 e. The van der Waals surface area contributed by atoms with Crippen LogP contribution in [-0.2, 0) is 0 Å². The second-order valence-corrected chi connectivity index (χ2v) is 4.78. The van der Waals surface area contributed by atoms with Crippen LogP contribution in [0, 0.1) is 5.82 Å². The van der Waals surface area contributed by atoms with E-state index in [9.17, 15) is 14.0 Å². The van der Waals surface area contributed by atoms with Gasteiger partial charge in [0.2, 0.25) is 5.43 Å². The van der Waals surface area contributed by atoms with E-state index in [1.165, 1.54) is 24.4 Å². The summed E-state index contributed by atoms with van der Waals surface area (Å²) in [5, 5.41) is 2.97. The van der Waals surface area contributed by atoms with Crippen molar-refractivity contribution < 1.29 is 9.18 Å². The van der Waals surface area contributed by atoms with Gasteiger partial charge < -0.3 is 15.2 Å². The van der Waals surface area contributed by atoms with E-state index in [-0.39, 0.29) is 5.56 Å². The van der Waals surface area contributed by atoms with Gasteiger partial charge in [-0.1, -0.05) is 0 Å². The van der Waals surface area contributed by atoms with Gasteiger partial charge in [0.15, 0.2) is 0 Å². The van der Waals surface area contributed by atoms with Gasteiger partial charge in [0.1, 0.15) is 11.4 Å². The molecule has 0 aliphatic heterocycles. The first-order valence-corrected chi connectivity index (χ1v) is 6.23. The number of pyridine rings is 1. The summed E-state index contributed by atoms with van der Waals surface area (Å²) >= 11 is 0. The number of amides is 1. The predicted octanol–water partition coefficient (Wildman–Crippen LogP) is 0.959. The van der Waals surface area contributed by atoms with Crippen molar-refractivity contribution in [3.05, 3.63) is 46.0 Å². The highest BCUT2D eigenvalue weighted by Gasteiger charge is 2.12. The third-order valence-corrected chi connectivity index (χ3v) is 2.93. The van der Waals surface area contributed by atoms with Crippen LogP contribution >= 0.6 is 0 Å². The Morgan fingerprint density at radius 2 is 2.15 bits per heavy atom. The molecule has 106 valence electrons. The van der Waals surface area contributed by atoms with E-state index in [1.54, 1.807) is 0 Å². The predicted molar refractivity (Wildman–Crippen MR) is 75.4 cm³/mol. The van der Waals surface area contributed by atoms with Gasteiger partial charge in [-0.05, 0) is 32.3 Å². The van der Waals surface area contributed by atoms with Crippen molar-refractivity contribution in [1.82, 2.24) is 15.2 Å². The van der Waals surface area contributed by atoms with Crippen LogP contribution < -0.4 is 10.7 Å². The molecule has 0 saturated carbocycles. The average molecular weight is 277 g/mol. The molecule has 0 radical (unpaired) electrons. The Labute approximate surface area is 115 Å². The number of H-pyrrole nitrogens is 1. The Bertz CT molecular complexity index is 694. The van der Waals surface area contributed by atoms with Gasteiger partial charge in [0.05, 0.1) is 5.52 Å². The summed E-state index contributed by atoms with van der Waals surface area (Å²) in [6, 6.07) is 3.80. The maximum atomic E-state index is 13.1. The summed E-state index contributed by atoms with van der Waals surface area (Å²) in [6.45, 7) is 1.13. The van der Waals surface area contributed by atoms with Crippen LogP contribution in [0.1, 0.15) is 10.4 Å². The zero-order valence-electron chi connectivity index (χ0n) is 11.4. The lowest BCUT2D eigenvalue weighted by atomic mass is 10.1. The van der Waals surface area contributed by atoms with Crippen LogP contribution in [0.4, 0.5) is 4.39 Å². The number of fused-ring (bicyclic) bond motifs is 1. The van der Waals surface area contributed by atoms with Crippen LogP contribution in [0.25, 0.3) is 10.9 Å². The zero-order chi connectivity index (χ0) is 14.7. The van der Waals surface area contributed by atoms with Gasteiger partial charge in [0, 0.05) is 24.7 Å². The lowest BCUT2D eigenvalue weighted by Crippen LogP contribution is -2.34. The normalized spacial score (nSPS) is 11.0. The number of benzene rings is 1. The molecule has 0 saturated heterocycles. The van der Waals surface area contributed by atoms with Crippen molar-refractivity contribution >= 4 is 16.8 Å². The molecule has 1 amide bonds. The smallest absolute Gasteiger partial charge is 0.256 e. The van der Waals surface area contributed by atoms with E-state index < -0.39 is 17.2 Å². The molecular formula is C14H16FN3O2. The summed E-state index contributed by atoms with van der Waals surface area (Å²) in [7, 11) is 3.78. The summed E-state index contributed by atoms with van der Waals surface area (Å²) in [6.07, 6.45) is 1.31. The number of rotatable bonds is 4. The first kappa shape index (κ1) is 14.2. The minimum Gasteiger partial charge on any atom is -0.360 e. The fourth-order valence-corrected chi connectivity index (χ4v) is 1.85. The third kappa shape index (κ3) is 3.03. The maximum Gasteiger partial charge on any atom is 0.256 e. The molecule has 2 rings (SSSR count). The molecule has 2 N–H and O–H groups in total. The first-order valence-electron chi connectivity index (χ1n) is 6.23. The van der Waals surface area contributed by atoms with Gasteiger partial charge >= 0.3 is 0 Å². The Hall–Kier alpha value is -2.21. The summed E-state index contributed by atoms with van der Waals surface area (Å²) < 4.78 is 13.1. The lowest BCUT2D eigenvalue weighted by Gasteiger charge is -2.10. The number of likely N-dealkylation sites (N-methyl/N-ethyl adjacent to an activating group) is 1.